The summed E-state index contributed by atoms with van der Waals surface area (Å²) in [7, 11) is 0. The van der Waals surface area contributed by atoms with Crippen molar-refractivity contribution in [2.24, 2.45) is 0 Å². The summed E-state index contributed by atoms with van der Waals surface area (Å²) in [6, 6.07) is 10.8. The van der Waals surface area contributed by atoms with Crippen LogP contribution in [0.25, 0.3) is 0 Å². The second-order valence-electron chi connectivity index (χ2n) is 6.96. The normalized spacial score (nSPS) is 12.1. The molecule has 1 aromatic heterocycles. The highest BCUT2D eigenvalue weighted by molar-refractivity contribution is 5.97. The van der Waals surface area contributed by atoms with E-state index in [0.29, 0.717) is 17.8 Å². The van der Waals surface area contributed by atoms with Gasteiger partial charge in [0, 0.05) is 17.8 Å². The van der Waals surface area contributed by atoms with Gasteiger partial charge in [0.05, 0.1) is 18.4 Å². The Morgan fingerprint density at radius 3 is 2.30 bits per heavy atom. The van der Waals surface area contributed by atoms with Gasteiger partial charge in [-0.3, -0.25) is 4.79 Å². The minimum Gasteiger partial charge on any atom is -0.467 e. The van der Waals surface area contributed by atoms with Crippen molar-refractivity contribution in [2.45, 2.75) is 59.4 Å². The molecule has 1 N–H and O–H groups in total. The molecule has 0 saturated carbocycles. The van der Waals surface area contributed by atoms with Crippen LogP contribution in [0, 0.1) is 0 Å². The van der Waals surface area contributed by atoms with Crippen LogP contribution >= 0.6 is 0 Å². The second kappa shape index (κ2) is 9.26. The molecule has 0 aliphatic carbocycles. The van der Waals surface area contributed by atoms with Crippen LogP contribution < -0.4 is 5.32 Å². The number of nitrogens with one attached hydrogen (secondary N) is 1. The van der Waals surface area contributed by atoms with Gasteiger partial charge < -0.3 is 19.4 Å². The zero-order chi connectivity index (χ0) is 20.0. The average molecular weight is 372 g/mol. The molecule has 1 amide bonds. The zero-order valence-electron chi connectivity index (χ0n) is 16.6. The molecule has 0 radical (unpaired) electrons. The molecule has 6 nitrogen and oxygen atoms in total. The SMILES string of the molecule is CC(C)N(C(=O)[C@@H](C)OC(=O)c1ccccc1NCc1ccco1)C(C)C. The number of amides is 1. The third-order valence-electron chi connectivity index (χ3n) is 4.18. The Kier molecular flexibility index (Phi) is 7.05. The first-order valence-corrected chi connectivity index (χ1v) is 9.19. The number of hydrogen-bond donors (Lipinski definition) is 1. The molecule has 0 bridgehead atoms. The highest BCUT2D eigenvalue weighted by Crippen LogP contribution is 2.19. The summed E-state index contributed by atoms with van der Waals surface area (Å²) in [6.07, 6.45) is 0.736. The fourth-order valence-corrected chi connectivity index (χ4v) is 3.00. The lowest BCUT2D eigenvalue weighted by atomic mass is 10.1. The molecule has 0 unspecified atom stereocenters. The van der Waals surface area contributed by atoms with Crippen LogP contribution in [0.5, 0.6) is 0 Å². The van der Waals surface area contributed by atoms with E-state index in [9.17, 15) is 9.59 Å². The minimum absolute atomic E-state index is 0.0286. The van der Waals surface area contributed by atoms with Gasteiger partial charge >= 0.3 is 5.97 Å². The van der Waals surface area contributed by atoms with Crippen molar-refractivity contribution in [3.8, 4) is 0 Å². The molecule has 1 atom stereocenters. The Labute approximate surface area is 160 Å². The van der Waals surface area contributed by atoms with Gasteiger partial charge in [-0.25, -0.2) is 4.79 Å². The van der Waals surface area contributed by atoms with Crippen LogP contribution in [-0.2, 0) is 16.1 Å². The third-order valence-corrected chi connectivity index (χ3v) is 4.18. The first kappa shape index (κ1) is 20.6. The largest absolute Gasteiger partial charge is 0.467 e. The van der Waals surface area contributed by atoms with E-state index < -0.39 is 12.1 Å². The summed E-state index contributed by atoms with van der Waals surface area (Å²) in [5.41, 5.74) is 1.01. The van der Waals surface area contributed by atoms with E-state index >= 15 is 0 Å². The van der Waals surface area contributed by atoms with E-state index in [4.69, 9.17) is 9.15 Å². The van der Waals surface area contributed by atoms with Gasteiger partial charge in [-0.1, -0.05) is 12.1 Å². The van der Waals surface area contributed by atoms with Crippen molar-refractivity contribution in [1.29, 1.82) is 0 Å². The molecular formula is C21H28N2O4. The van der Waals surface area contributed by atoms with Gasteiger partial charge in [0.25, 0.3) is 5.91 Å². The fourth-order valence-electron chi connectivity index (χ4n) is 3.00. The predicted molar refractivity (Wildman–Crippen MR) is 104 cm³/mol. The van der Waals surface area contributed by atoms with Crippen LogP contribution in [0.3, 0.4) is 0 Å². The van der Waals surface area contributed by atoms with Gasteiger partial charge in [0.1, 0.15) is 5.76 Å². The standard InChI is InChI=1S/C21H28N2O4/c1-14(2)23(15(3)4)20(24)16(5)27-21(25)18-10-6-7-11-19(18)22-13-17-9-8-12-26-17/h6-12,14-16,22H,13H2,1-5H3/t16-/m1/s1. The van der Waals surface area contributed by atoms with Crippen LogP contribution in [0.2, 0.25) is 0 Å². The van der Waals surface area contributed by atoms with E-state index in [0.717, 1.165) is 5.76 Å². The van der Waals surface area contributed by atoms with Gasteiger partial charge in [0.15, 0.2) is 6.10 Å². The number of benzene rings is 1. The number of esters is 1. The molecule has 0 aliphatic rings. The lowest BCUT2D eigenvalue weighted by molar-refractivity contribution is -0.143. The van der Waals surface area contributed by atoms with Crippen molar-refractivity contribution in [3.63, 3.8) is 0 Å². The number of hydrogen-bond acceptors (Lipinski definition) is 5. The van der Waals surface area contributed by atoms with Crippen molar-refractivity contribution in [2.75, 3.05) is 5.32 Å². The first-order chi connectivity index (χ1) is 12.8. The molecule has 146 valence electrons. The number of carbonyl (C=O) groups is 2. The maximum absolute atomic E-state index is 12.7. The molecule has 27 heavy (non-hydrogen) atoms. The molecule has 2 aromatic rings. The lowest BCUT2D eigenvalue weighted by Crippen LogP contribution is -2.47. The number of furan rings is 1. The molecular weight excluding hydrogens is 344 g/mol. The quantitative estimate of drug-likeness (QED) is 0.707. The van der Waals surface area contributed by atoms with Crippen LogP contribution in [0.15, 0.2) is 47.1 Å². The molecule has 6 heteroatoms. The van der Waals surface area contributed by atoms with Crippen LogP contribution in [-0.4, -0.2) is 35.0 Å². The molecule has 1 aromatic carbocycles. The van der Waals surface area contributed by atoms with Gasteiger partial charge in [-0.15, -0.1) is 0 Å². The number of rotatable bonds is 8. The van der Waals surface area contributed by atoms with E-state index in [-0.39, 0.29) is 18.0 Å². The van der Waals surface area contributed by atoms with E-state index in [2.05, 4.69) is 5.32 Å². The Bertz CT molecular complexity index is 745. The van der Waals surface area contributed by atoms with Crippen molar-refractivity contribution in [3.05, 3.63) is 54.0 Å². The number of anilines is 1. The molecule has 2 rings (SSSR count). The maximum atomic E-state index is 12.7. The molecule has 0 saturated heterocycles. The van der Waals surface area contributed by atoms with Crippen molar-refractivity contribution in [1.82, 2.24) is 4.90 Å². The zero-order valence-corrected chi connectivity index (χ0v) is 16.6. The maximum Gasteiger partial charge on any atom is 0.341 e. The predicted octanol–water partition coefficient (Wildman–Crippen LogP) is 4.08. The lowest BCUT2D eigenvalue weighted by Gasteiger charge is -2.32. The number of ether oxygens (including phenoxy) is 1. The molecule has 0 aliphatic heterocycles. The monoisotopic (exact) mass is 372 g/mol. The summed E-state index contributed by atoms with van der Waals surface area (Å²) < 4.78 is 10.8. The minimum atomic E-state index is -0.861. The Morgan fingerprint density at radius 1 is 1.04 bits per heavy atom. The Balaban J connectivity index is 2.07. The van der Waals surface area contributed by atoms with E-state index in [1.807, 2.05) is 39.8 Å². The number of para-hydroxylation sites is 1. The Hall–Kier alpha value is -2.76. The van der Waals surface area contributed by atoms with Crippen LogP contribution in [0.4, 0.5) is 5.69 Å². The Morgan fingerprint density at radius 2 is 1.70 bits per heavy atom. The molecule has 1 heterocycles. The van der Waals surface area contributed by atoms with E-state index in [1.165, 1.54) is 0 Å². The highest BCUT2D eigenvalue weighted by atomic mass is 16.5. The first-order valence-electron chi connectivity index (χ1n) is 9.19. The summed E-state index contributed by atoms with van der Waals surface area (Å²) in [6.45, 7) is 9.83. The second-order valence-corrected chi connectivity index (χ2v) is 6.96. The fraction of sp³-hybridized carbons (Fsp3) is 0.429. The number of nitrogens with zero attached hydrogens (tertiary/aromatic N) is 1. The van der Waals surface area contributed by atoms with Crippen molar-refractivity contribution >= 4 is 17.6 Å². The third kappa shape index (κ3) is 5.36. The van der Waals surface area contributed by atoms with E-state index in [1.54, 1.807) is 42.4 Å². The van der Waals surface area contributed by atoms with Gasteiger partial charge in [0.2, 0.25) is 0 Å². The molecule has 0 fully saturated rings. The topological polar surface area (TPSA) is 71.8 Å². The number of carbonyl (C=O) groups excluding carboxylic acids is 2. The summed E-state index contributed by atoms with van der Waals surface area (Å²) in [5, 5.41) is 3.17. The molecule has 0 spiro atoms. The summed E-state index contributed by atoms with van der Waals surface area (Å²) in [4.78, 5) is 27.0. The average Bonchev–Trinajstić information content (AvgIpc) is 3.13. The summed E-state index contributed by atoms with van der Waals surface area (Å²) >= 11 is 0. The summed E-state index contributed by atoms with van der Waals surface area (Å²) in [5.74, 6) is 0.0199. The van der Waals surface area contributed by atoms with Gasteiger partial charge in [-0.05, 0) is 58.9 Å². The van der Waals surface area contributed by atoms with Crippen LogP contribution in [0.1, 0.15) is 50.7 Å². The van der Waals surface area contributed by atoms with Crippen molar-refractivity contribution < 1.29 is 18.7 Å². The highest BCUT2D eigenvalue weighted by Gasteiger charge is 2.28. The van der Waals surface area contributed by atoms with Gasteiger partial charge in [-0.2, -0.15) is 0 Å². The smallest absolute Gasteiger partial charge is 0.341 e.